The lowest BCUT2D eigenvalue weighted by molar-refractivity contribution is -0.142. The van der Waals surface area contributed by atoms with Crippen LogP contribution in [0.4, 0.5) is 0 Å². The Morgan fingerprint density at radius 2 is 1.89 bits per heavy atom. The van der Waals surface area contributed by atoms with Gasteiger partial charge in [-0.25, -0.2) is 8.42 Å². The number of hydrogen-bond donors (Lipinski definition) is 0. The monoisotopic (exact) mass is 270 g/mol. The summed E-state index contributed by atoms with van der Waals surface area (Å²) < 4.78 is 28.8. The molecule has 0 heterocycles. The SMILES string of the molecule is CC(=O)OC[C@H](C)CCS(=O)(=O)c1ccccc1. The quantitative estimate of drug-likeness (QED) is 0.742. The topological polar surface area (TPSA) is 60.4 Å². The highest BCUT2D eigenvalue weighted by molar-refractivity contribution is 7.91. The molecule has 0 spiro atoms. The summed E-state index contributed by atoms with van der Waals surface area (Å²) in [5.41, 5.74) is 0. The molecule has 4 nitrogen and oxygen atoms in total. The third kappa shape index (κ3) is 4.87. The minimum atomic E-state index is -3.23. The predicted molar refractivity (Wildman–Crippen MR) is 68.9 cm³/mol. The summed E-state index contributed by atoms with van der Waals surface area (Å²) >= 11 is 0. The molecular formula is C13H18O4S. The first kappa shape index (κ1) is 14.7. The van der Waals surface area contributed by atoms with E-state index in [2.05, 4.69) is 0 Å². The van der Waals surface area contributed by atoms with Crippen LogP contribution in [0.1, 0.15) is 20.3 Å². The molecule has 1 atom stereocenters. The van der Waals surface area contributed by atoms with E-state index in [-0.39, 0.29) is 24.2 Å². The van der Waals surface area contributed by atoms with Gasteiger partial charge >= 0.3 is 5.97 Å². The number of carbonyl (C=O) groups excluding carboxylic acids is 1. The third-order valence-electron chi connectivity index (χ3n) is 2.55. The highest BCUT2D eigenvalue weighted by Crippen LogP contribution is 2.14. The van der Waals surface area contributed by atoms with Gasteiger partial charge in [-0.3, -0.25) is 4.79 Å². The first-order valence-electron chi connectivity index (χ1n) is 5.83. The van der Waals surface area contributed by atoms with Crippen molar-refractivity contribution in [2.75, 3.05) is 12.4 Å². The zero-order chi connectivity index (χ0) is 13.6. The first-order valence-corrected chi connectivity index (χ1v) is 7.48. The number of hydrogen-bond acceptors (Lipinski definition) is 4. The largest absolute Gasteiger partial charge is 0.466 e. The summed E-state index contributed by atoms with van der Waals surface area (Å²) in [5, 5.41) is 0. The molecule has 0 saturated heterocycles. The molecule has 0 bridgehead atoms. The number of benzene rings is 1. The Morgan fingerprint density at radius 1 is 1.28 bits per heavy atom. The molecule has 0 aliphatic heterocycles. The second-order valence-electron chi connectivity index (χ2n) is 4.33. The van der Waals surface area contributed by atoms with Crippen LogP contribution < -0.4 is 0 Å². The van der Waals surface area contributed by atoms with E-state index < -0.39 is 9.84 Å². The van der Waals surface area contributed by atoms with E-state index in [4.69, 9.17) is 4.74 Å². The van der Waals surface area contributed by atoms with Gasteiger partial charge in [-0.15, -0.1) is 0 Å². The molecule has 0 aliphatic rings. The van der Waals surface area contributed by atoms with E-state index >= 15 is 0 Å². The summed E-state index contributed by atoms with van der Waals surface area (Å²) in [6.07, 6.45) is 0.477. The van der Waals surface area contributed by atoms with Crippen LogP contribution in [0.2, 0.25) is 0 Å². The fourth-order valence-electron chi connectivity index (χ4n) is 1.44. The fourth-order valence-corrected chi connectivity index (χ4v) is 2.97. The van der Waals surface area contributed by atoms with Crippen molar-refractivity contribution in [3.05, 3.63) is 30.3 Å². The van der Waals surface area contributed by atoms with Gasteiger partial charge in [0.25, 0.3) is 0 Å². The number of esters is 1. The Balaban J connectivity index is 2.50. The molecule has 0 aliphatic carbocycles. The number of rotatable bonds is 6. The van der Waals surface area contributed by atoms with Gasteiger partial charge < -0.3 is 4.74 Å². The van der Waals surface area contributed by atoms with Gasteiger partial charge in [0.05, 0.1) is 17.3 Å². The van der Waals surface area contributed by atoms with Crippen LogP contribution in [0, 0.1) is 5.92 Å². The first-order chi connectivity index (χ1) is 8.42. The van der Waals surface area contributed by atoms with Crippen molar-refractivity contribution in [2.45, 2.75) is 25.2 Å². The van der Waals surface area contributed by atoms with Crippen LogP contribution in [0.25, 0.3) is 0 Å². The van der Waals surface area contributed by atoms with Gasteiger partial charge in [-0.1, -0.05) is 25.1 Å². The van der Waals surface area contributed by atoms with E-state index in [1.807, 2.05) is 6.92 Å². The van der Waals surface area contributed by atoms with E-state index in [1.165, 1.54) is 6.92 Å². The lowest BCUT2D eigenvalue weighted by atomic mass is 10.1. The number of sulfone groups is 1. The predicted octanol–water partition coefficient (Wildman–Crippen LogP) is 2.05. The fraction of sp³-hybridized carbons (Fsp3) is 0.462. The van der Waals surface area contributed by atoms with E-state index in [1.54, 1.807) is 30.3 Å². The van der Waals surface area contributed by atoms with Crippen LogP contribution in [-0.4, -0.2) is 26.7 Å². The maximum atomic E-state index is 12.0. The van der Waals surface area contributed by atoms with Crippen molar-refractivity contribution in [3.8, 4) is 0 Å². The Kier molecular flexibility index (Phi) is 5.34. The Hall–Kier alpha value is -1.36. The number of ether oxygens (including phenoxy) is 1. The zero-order valence-electron chi connectivity index (χ0n) is 10.6. The van der Waals surface area contributed by atoms with E-state index in [0.717, 1.165) is 0 Å². The van der Waals surface area contributed by atoms with Crippen molar-refractivity contribution in [2.24, 2.45) is 5.92 Å². The van der Waals surface area contributed by atoms with Gasteiger partial charge in [0.2, 0.25) is 0 Å². The van der Waals surface area contributed by atoms with Crippen molar-refractivity contribution in [1.29, 1.82) is 0 Å². The lowest BCUT2D eigenvalue weighted by Gasteiger charge is -2.11. The van der Waals surface area contributed by atoms with E-state index in [9.17, 15) is 13.2 Å². The lowest BCUT2D eigenvalue weighted by Crippen LogP contribution is -2.15. The zero-order valence-corrected chi connectivity index (χ0v) is 11.4. The molecule has 1 rings (SSSR count). The summed E-state index contributed by atoms with van der Waals surface area (Å²) in [4.78, 5) is 11.0. The summed E-state index contributed by atoms with van der Waals surface area (Å²) in [6.45, 7) is 3.47. The highest BCUT2D eigenvalue weighted by Gasteiger charge is 2.16. The molecular weight excluding hydrogens is 252 g/mol. The maximum Gasteiger partial charge on any atom is 0.302 e. The van der Waals surface area contributed by atoms with Crippen LogP contribution >= 0.6 is 0 Å². The van der Waals surface area contributed by atoms with Crippen molar-refractivity contribution in [3.63, 3.8) is 0 Å². The second kappa shape index (κ2) is 6.54. The Bertz CT molecular complexity index is 479. The minimum absolute atomic E-state index is 0.0346. The summed E-state index contributed by atoms with van der Waals surface area (Å²) in [5.74, 6) is -0.237. The molecule has 1 aromatic carbocycles. The van der Waals surface area contributed by atoms with Gasteiger partial charge in [0.1, 0.15) is 0 Å². The molecule has 5 heteroatoms. The van der Waals surface area contributed by atoms with Gasteiger partial charge in [-0.05, 0) is 24.5 Å². The van der Waals surface area contributed by atoms with Crippen molar-refractivity contribution in [1.82, 2.24) is 0 Å². The molecule has 100 valence electrons. The summed E-state index contributed by atoms with van der Waals surface area (Å²) in [7, 11) is -3.23. The molecule has 0 radical (unpaired) electrons. The average Bonchev–Trinajstić information content (AvgIpc) is 2.35. The van der Waals surface area contributed by atoms with Gasteiger partial charge in [0, 0.05) is 6.92 Å². The molecule has 0 aromatic heterocycles. The van der Waals surface area contributed by atoms with Crippen LogP contribution in [0.15, 0.2) is 35.2 Å². The van der Waals surface area contributed by atoms with E-state index in [0.29, 0.717) is 11.3 Å². The summed E-state index contributed by atoms with van der Waals surface area (Å²) in [6, 6.07) is 8.37. The maximum absolute atomic E-state index is 12.0. The molecule has 18 heavy (non-hydrogen) atoms. The van der Waals surface area contributed by atoms with Crippen LogP contribution in [0.5, 0.6) is 0 Å². The molecule has 0 N–H and O–H groups in total. The molecule has 0 unspecified atom stereocenters. The van der Waals surface area contributed by atoms with Gasteiger partial charge in [0.15, 0.2) is 9.84 Å². The van der Waals surface area contributed by atoms with Gasteiger partial charge in [-0.2, -0.15) is 0 Å². The molecule has 0 amide bonds. The minimum Gasteiger partial charge on any atom is -0.466 e. The average molecular weight is 270 g/mol. The van der Waals surface area contributed by atoms with Crippen molar-refractivity contribution < 1.29 is 17.9 Å². The smallest absolute Gasteiger partial charge is 0.302 e. The second-order valence-corrected chi connectivity index (χ2v) is 6.44. The number of carbonyl (C=O) groups is 1. The molecule has 1 aromatic rings. The van der Waals surface area contributed by atoms with Crippen molar-refractivity contribution >= 4 is 15.8 Å². The molecule has 0 saturated carbocycles. The molecule has 0 fully saturated rings. The Morgan fingerprint density at radius 3 is 2.44 bits per heavy atom. The van der Waals surface area contributed by atoms with Crippen LogP contribution in [-0.2, 0) is 19.4 Å². The third-order valence-corrected chi connectivity index (χ3v) is 4.32. The van der Waals surface area contributed by atoms with Crippen LogP contribution in [0.3, 0.4) is 0 Å². The standard InChI is InChI=1S/C13H18O4S/c1-11(10-17-12(2)14)8-9-18(15,16)13-6-4-3-5-7-13/h3-7,11H,8-10H2,1-2H3/t11-/m1/s1. The highest BCUT2D eigenvalue weighted by atomic mass is 32.2. The normalized spacial score (nSPS) is 13.0. The Labute approximate surface area is 108 Å².